The molecule has 1 saturated heterocycles. The van der Waals surface area contributed by atoms with E-state index >= 15 is 0 Å². The van der Waals surface area contributed by atoms with Crippen molar-refractivity contribution in [2.24, 2.45) is 0 Å². The summed E-state index contributed by atoms with van der Waals surface area (Å²) in [5, 5.41) is 3.44. The summed E-state index contributed by atoms with van der Waals surface area (Å²) in [6.45, 7) is 3.84. The van der Waals surface area contributed by atoms with Crippen LogP contribution in [0.5, 0.6) is 0 Å². The van der Waals surface area contributed by atoms with Crippen molar-refractivity contribution in [1.29, 1.82) is 0 Å². The van der Waals surface area contributed by atoms with Crippen LogP contribution in [0, 0.1) is 0 Å². The van der Waals surface area contributed by atoms with Crippen LogP contribution in [0.15, 0.2) is 0 Å². The highest BCUT2D eigenvalue weighted by Crippen LogP contribution is 2.05. The first-order valence-electron chi connectivity index (χ1n) is 4.80. The minimum Gasteiger partial charge on any atom is -0.344 e. The van der Waals surface area contributed by atoms with E-state index in [1.54, 1.807) is 0 Å². The predicted molar refractivity (Wildman–Crippen MR) is 52.6 cm³/mol. The Morgan fingerprint density at radius 1 is 1.62 bits per heavy atom. The van der Waals surface area contributed by atoms with E-state index in [0.717, 1.165) is 39.0 Å². The molecule has 0 spiro atoms. The molecule has 1 rings (SSSR count). The van der Waals surface area contributed by atoms with Gasteiger partial charge in [0.15, 0.2) is 0 Å². The Kier molecular flexibility index (Phi) is 4.18. The van der Waals surface area contributed by atoms with Crippen molar-refractivity contribution >= 4 is 6.41 Å². The molecule has 0 aliphatic carbocycles. The van der Waals surface area contributed by atoms with Gasteiger partial charge in [-0.15, -0.1) is 0 Å². The molecule has 0 aromatic heterocycles. The first-order valence-corrected chi connectivity index (χ1v) is 4.80. The van der Waals surface area contributed by atoms with Gasteiger partial charge in [0.1, 0.15) is 0 Å². The summed E-state index contributed by atoms with van der Waals surface area (Å²) in [5.41, 5.74) is 0. The SMILES string of the molecule is CN(C)CCN[C@@H]1CCN(C=O)C1. The van der Waals surface area contributed by atoms with Gasteiger partial charge < -0.3 is 15.1 Å². The molecule has 4 nitrogen and oxygen atoms in total. The van der Waals surface area contributed by atoms with Crippen molar-refractivity contribution in [1.82, 2.24) is 15.1 Å². The second kappa shape index (κ2) is 5.19. The first-order chi connectivity index (χ1) is 6.22. The Balaban J connectivity index is 2.07. The van der Waals surface area contributed by atoms with E-state index in [1.807, 2.05) is 4.90 Å². The summed E-state index contributed by atoms with van der Waals surface area (Å²) < 4.78 is 0. The lowest BCUT2D eigenvalue weighted by molar-refractivity contribution is -0.117. The van der Waals surface area contributed by atoms with Gasteiger partial charge >= 0.3 is 0 Å². The van der Waals surface area contributed by atoms with Crippen molar-refractivity contribution < 1.29 is 4.79 Å². The molecule has 1 aliphatic rings. The molecule has 1 N–H and O–H groups in total. The Hall–Kier alpha value is -0.610. The zero-order valence-corrected chi connectivity index (χ0v) is 8.49. The molecule has 1 aliphatic heterocycles. The molecule has 0 aromatic rings. The fraction of sp³-hybridized carbons (Fsp3) is 0.889. The van der Waals surface area contributed by atoms with E-state index in [2.05, 4.69) is 24.3 Å². The van der Waals surface area contributed by atoms with Crippen LogP contribution in [0.4, 0.5) is 0 Å². The zero-order chi connectivity index (χ0) is 9.68. The van der Waals surface area contributed by atoms with Gasteiger partial charge in [0.2, 0.25) is 6.41 Å². The normalized spacial score (nSPS) is 22.7. The number of carbonyl (C=O) groups is 1. The molecule has 76 valence electrons. The van der Waals surface area contributed by atoms with E-state index in [9.17, 15) is 4.79 Å². The summed E-state index contributed by atoms with van der Waals surface area (Å²) >= 11 is 0. The van der Waals surface area contributed by atoms with Crippen LogP contribution in [0.2, 0.25) is 0 Å². The van der Waals surface area contributed by atoms with Crippen molar-refractivity contribution in [3.05, 3.63) is 0 Å². The lowest BCUT2D eigenvalue weighted by Crippen LogP contribution is -2.36. The third kappa shape index (κ3) is 3.74. The summed E-state index contributed by atoms with van der Waals surface area (Å²) in [6, 6.07) is 0.505. The Morgan fingerprint density at radius 2 is 2.38 bits per heavy atom. The van der Waals surface area contributed by atoms with E-state index in [4.69, 9.17) is 0 Å². The van der Waals surface area contributed by atoms with Gasteiger partial charge in [-0.25, -0.2) is 0 Å². The molecule has 0 unspecified atom stereocenters. The topological polar surface area (TPSA) is 35.6 Å². The van der Waals surface area contributed by atoms with E-state index < -0.39 is 0 Å². The van der Waals surface area contributed by atoms with Crippen LogP contribution >= 0.6 is 0 Å². The van der Waals surface area contributed by atoms with Gasteiger partial charge in [0.05, 0.1) is 0 Å². The number of amides is 1. The summed E-state index contributed by atoms with van der Waals surface area (Å²) in [5.74, 6) is 0. The Morgan fingerprint density at radius 3 is 2.92 bits per heavy atom. The highest BCUT2D eigenvalue weighted by atomic mass is 16.1. The smallest absolute Gasteiger partial charge is 0.209 e. The third-order valence-corrected chi connectivity index (χ3v) is 2.36. The summed E-state index contributed by atoms with van der Waals surface area (Å²) in [4.78, 5) is 14.4. The number of hydrogen-bond acceptors (Lipinski definition) is 3. The molecule has 1 atom stereocenters. The molecule has 0 aromatic carbocycles. The lowest BCUT2D eigenvalue weighted by atomic mass is 10.2. The molecule has 0 radical (unpaired) electrons. The second-order valence-electron chi connectivity index (χ2n) is 3.84. The molecule has 0 saturated carbocycles. The lowest BCUT2D eigenvalue weighted by Gasteiger charge is -2.15. The molecule has 13 heavy (non-hydrogen) atoms. The zero-order valence-electron chi connectivity index (χ0n) is 8.49. The van der Waals surface area contributed by atoms with Crippen LogP contribution in [-0.2, 0) is 4.79 Å². The van der Waals surface area contributed by atoms with Crippen LogP contribution in [0.1, 0.15) is 6.42 Å². The maximum absolute atomic E-state index is 10.4. The highest BCUT2D eigenvalue weighted by Gasteiger charge is 2.19. The predicted octanol–water partition coefficient (Wildman–Crippen LogP) is -0.632. The van der Waals surface area contributed by atoms with E-state index in [0.29, 0.717) is 6.04 Å². The number of rotatable bonds is 5. The van der Waals surface area contributed by atoms with Crippen LogP contribution in [-0.4, -0.2) is 62.5 Å². The summed E-state index contributed by atoms with van der Waals surface area (Å²) in [7, 11) is 4.13. The average Bonchev–Trinajstić information content (AvgIpc) is 2.52. The van der Waals surface area contributed by atoms with Crippen molar-refractivity contribution in [2.75, 3.05) is 40.3 Å². The van der Waals surface area contributed by atoms with Crippen molar-refractivity contribution in [3.63, 3.8) is 0 Å². The van der Waals surface area contributed by atoms with Gasteiger partial charge in [-0.3, -0.25) is 4.79 Å². The van der Waals surface area contributed by atoms with Gasteiger partial charge in [0, 0.05) is 32.2 Å². The quantitative estimate of drug-likeness (QED) is 0.579. The fourth-order valence-corrected chi connectivity index (χ4v) is 1.54. The van der Waals surface area contributed by atoms with Gasteiger partial charge in [0.25, 0.3) is 0 Å². The number of carbonyl (C=O) groups excluding carboxylic acids is 1. The fourth-order valence-electron chi connectivity index (χ4n) is 1.54. The standard InChI is InChI=1S/C9H19N3O/c1-11(2)6-4-10-9-3-5-12(7-9)8-13/h8-10H,3-7H2,1-2H3/t9-/m1/s1. The first kappa shape index (κ1) is 10.5. The van der Waals surface area contributed by atoms with Gasteiger partial charge in [-0.05, 0) is 20.5 Å². The average molecular weight is 185 g/mol. The maximum atomic E-state index is 10.4. The Labute approximate surface area is 79.9 Å². The van der Waals surface area contributed by atoms with Crippen LogP contribution in [0.3, 0.4) is 0 Å². The molecule has 1 fully saturated rings. The third-order valence-electron chi connectivity index (χ3n) is 2.36. The Bertz CT molecular complexity index is 161. The highest BCUT2D eigenvalue weighted by molar-refractivity contribution is 5.47. The molecule has 1 amide bonds. The van der Waals surface area contributed by atoms with Gasteiger partial charge in [-0.1, -0.05) is 0 Å². The molecule has 4 heteroatoms. The number of nitrogens with zero attached hydrogens (tertiary/aromatic N) is 2. The minimum absolute atomic E-state index is 0.505. The van der Waals surface area contributed by atoms with Crippen molar-refractivity contribution in [2.45, 2.75) is 12.5 Å². The minimum atomic E-state index is 0.505. The molecule has 0 bridgehead atoms. The number of hydrogen-bond donors (Lipinski definition) is 1. The monoisotopic (exact) mass is 185 g/mol. The number of likely N-dealkylation sites (N-methyl/N-ethyl adjacent to an activating group) is 1. The van der Waals surface area contributed by atoms with Crippen LogP contribution in [0.25, 0.3) is 0 Å². The number of nitrogens with one attached hydrogen (secondary N) is 1. The van der Waals surface area contributed by atoms with Crippen LogP contribution < -0.4 is 5.32 Å². The molecular weight excluding hydrogens is 166 g/mol. The molecule has 1 heterocycles. The second-order valence-corrected chi connectivity index (χ2v) is 3.84. The molecular formula is C9H19N3O. The summed E-state index contributed by atoms with van der Waals surface area (Å²) in [6.07, 6.45) is 2.03. The maximum Gasteiger partial charge on any atom is 0.209 e. The van der Waals surface area contributed by atoms with E-state index in [-0.39, 0.29) is 0 Å². The number of likely N-dealkylation sites (tertiary alicyclic amines) is 1. The van der Waals surface area contributed by atoms with Crippen molar-refractivity contribution in [3.8, 4) is 0 Å². The van der Waals surface area contributed by atoms with Gasteiger partial charge in [-0.2, -0.15) is 0 Å². The largest absolute Gasteiger partial charge is 0.344 e. The van der Waals surface area contributed by atoms with E-state index in [1.165, 1.54) is 0 Å².